The minimum Gasteiger partial charge on any atom is -0.492 e. The number of benzene rings is 1. The first-order chi connectivity index (χ1) is 9.31. The molecule has 0 aliphatic carbocycles. The van der Waals surface area contributed by atoms with E-state index < -0.39 is 0 Å². The fraction of sp³-hybridized carbons (Fsp3) is 0.438. The number of ether oxygens (including phenoxy) is 1. The summed E-state index contributed by atoms with van der Waals surface area (Å²) < 4.78 is 5.76. The van der Waals surface area contributed by atoms with E-state index >= 15 is 0 Å². The van der Waals surface area contributed by atoms with E-state index in [2.05, 4.69) is 48.2 Å². The van der Waals surface area contributed by atoms with Crippen LogP contribution in [0.5, 0.6) is 5.75 Å². The molecule has 0 bridgehead atoms. The molecule has 1 heterocycles. The van der Waals surface area contributed by atoms with E-state index in [-0.39, 0.29) is 0 Å². The van der Waals surface area contributed by atoms with Gasteiger partial charge in [0.2, 0.25) is 0 Å². The summed E-state index contributed by atoms with van der Waals surface area (Å²) in [5, 5.41) is 0. The first-order valence-corrected chi connectivity index (χ1v) is 6.99. The van der Waals surface area contributed by atoms with Crippen LogP contribution in [-0.2, 0) is 6.42 Å². The second kappa shape index (κ2) is 7.07. The van der Waals surface area contributed by atoms with Crippen molar-refractivity contribution >= 4 is 0 Å². The third-order valence-corrected chi connectivity index (χ3v) is 3.28. The Hall–Kier alpha value is -1.64. The first kappa shape index (κ1) is 13.8. The first-order valence-electron chi connectivity index (χ1n) is 6.99. The molecule has 0 fully saturated rings. The van der Waals surface area contributed by atoms with E-state index in [9.17, 15) is 0 Å². The Kier molecular flexibility index (Phi) is 5.13. The van der Waals surface area contributed by atoms with Crippen molar-refractivity contribution in [2.24, 2.45) is 0 Å². The van der Waals surface area contributed by atoms with E-state index in [0.29, 0.717) is 6.61 Å². The van der Waals surface area contributed by atoms with Crippen LogP contribution in [0.1, 0.15) is 18.9 Å². The van der Waals surface area contributed by atoms with Gasteiger partial charge in [-0.15, -0.1) is 0 Å². The Balaban J connectivity index is 1.68. The molecule has 0 unspecified atom stereocenters. The van der Waals surface area contributed by atoms with E-state index in [0.717, 1.165) is 38.3 Å². The van der Waals surface area contributed by atoms with E-state index in [4.69, 9.17) is 4.74 Å². The molecule has 0 saturated heterocycles. The Bertz CT molecular complexity index is 400. The van der Waals surface area contributed by atoms with Gasteiger partial charge in [0.05, 0.1) is 13.2 Å². The molecule has 2 rings (SSSR count). The van der Waals surface area contributed by atoms with Gasteiger partial charge in [0.15, 0.2) is 0 Å². The van der Waals surface area contributed by atoms with Crippen molar-refractivity contribution in [3.05, 3.63) is 49.2 Å². The molecule has 1 radical (unpaired) electrons. The average molecular weight is 259 g/mol. The van der Waals surface area contributed by atoms with Gasteiger partial charge in [-0.2, -0.15) is 0 Å². The lowest BCUT2D eigenvalue weighted by atomic mass is 10.2. The third kappa shape index (κ3) is 4.19. The normalized spacial score (nSPS) is 14.2. The van der Waals surface area contributed by atoms with Gasteiger partial charge in [0, 0.05) is 18.9 Å². The van der Waals surface area contributed by atoms with Crippen molar-refractivity contribution in [3.8, 4) is 5.75 Å². The van der Waals surface area contributed by atoms with E-state index in [1.165, 1.54) is 5.56 Å². The summed E-state index contributed by atoms with van der Waals surface area (Å²) in [5.41, 5.74) is 1.35. The lowest BCUT2D eigenvalue weighted by molar-refractivity contribution is 0.218. The van der Waals surface area contributed by atoms with Gasteiger partial charge >= 0.3 is 0 Å². The highest BCUT2D eigenvalue weighted by molar-refractivity contribution is 5.27. The van der Waals surface area contributed by atoms with Crippen LogP contribution in [0.25, 0.3) is 0 Å². The number of nitrogens with zero attached hydrogens (tertiary/aromatic N) is 2. The lowest BCUT2D eigenvalue weighted by Gasteiger charge is -2.20. The fourth-order valence-electron chi connectivity index (χ4n) is 2.11. The van der Waals surface area contributed by atoms with Crippen molar-refractivity contribution in [1.82, 2.24) is 9.80 Å². The SMILES string of the molecule is [CH2]CCN1C=CN(CCOc2ccc(CC)cc2)C1. The van der Waals surface area contributed by atoms with Crippen LogP contribution in [0.2, 0.25) is 0 Å². The van der Waals surface area contributed by atoms with Crippen LogP contribution >= 0.6 is 0 Å². The zero-order chi connectivity index (χ0) is 13.5. The lowest BCUT2D eigenvalue weighted by Crippen LogP contribution is -2.28. The highest BCUT2D eigenvalue weighted by Gasteiger charge is 2.10. The van der Waals surface area contributed by atoms with Gasteiger partial charge < -0.3 is 14.5 Å². The molecule has 0 spiro atoms. The van der Waals surface area contributed by atoms with Gasteiger partial charge in [-0.25, -0.2) is 0 Å². The molecule has 0 amide bonds. The second-order valence-electron chi connectivity index (χ2n) is 4.76. The molecular formula is C16H23N2O. The Morgan fingerprint density at radius 2 is 1.79 bits per heavy atom. The summed E-state index contributed by atoms with van der Waals surface area (Å²) in [6.45, 7) is 9.64. The largest absolute Gasteiger partial charge is 0.492 e. The molecule has 0 N–H and O–H groups in total. The van der Waals surface area contributed by atoms with Crippen LogP contribution in [0.15, 0.2) is 36.7 Å². The van der Waals surface area contributed by atoms with E-state index in [1.807, 2.05) is 12.1 Å². The predicted octanol–water partition coefficient (Wildman–Crippen LogP) is 2.90. The topological polar surface area (TPSA) is 15.7 Å². The summed E-state index contributed by atoms with van der Waals surface area (Å²) in [7, 11) is 0. The molecule has 19 heavy (non-hydrogen) atoms. The Morgan fingerprint density at radius 1 is 1.11 bits per heavy atom. The maximum atomic E-state index is 5.76. The molecule has 1 aromatic carbocycles. The number of hydrogen-bond donors (Lipinski definition) is 0. The molecule has 1 aliphatic rings. The van der Waals surface area contributed by atoms with Crippen molar-refractivity contribution in [2.45, 2.75) is 19.8 Å². The van der Waals surface area contributed by atoms with Crippen LogP contribution < -0.4 is 4.74 Å². The minimum atomic E-state index is 0.716. The zero-order valence-corrected chi connectivity index (χ0v) is 11.7. The summed E-state index contributed by atoms with van der Waals surface area (Å²) in [6, 6.07) is 8.35. The monoisotopic (exact) mass is 259 g/mol. The van der Waals surface area contributed by atoms with Crippen molar-refractivity contribution < 1.29 is 4.74 Å². The van der Waals surface area contributed by atoms with Crippen LogP contribution in [0, 0.1) is 6.92 Å². The van der Waals surface area contributed by atoms with Crippen molar-refractivity contribution in [3.63, 3.8) is 0 Å². The molecular weight excluding hydrogens is 236 g/mol. The summed E-state index contributed by atoms with van der Waals surface area (Å²) in [5.74, 6) is 0.954. The third-order valence-electron chi connectivity index (χ3n) is 3.28. The molecule has 0 atom stereocenters. The Labute approximate surface area is 116 Å². The average Bonchev–Trinajstić information content (AvgIpc) is 2.88. The molecule has 0 aromatic heterocycles. The standard InChI is InChI=1S/C16H23N2O/c1-3-9-17-10-11-18(14-17)12-13-19-16-7-5-15(4-2)6-8-16/h5-8,10-11H,1,3-4,9,12-14H2,2H3. The summed E-state index contributed by atoms with van der Waals surface area (Å²) >= 11 is 0. The van der Waals surface area contributed by atoms with Crippen LogP contribution in [0.4, 0.5) is 0 Å². The molecule has 0 saturated carbocycles. The van der Waals surface area contributed by atoms with Crippen LogP contribution in [-0.4, -0.2) is 36.2 Å². The van der Waals surface area contributed by atoms with E-state index in [1.54, 1.807) is 0 Å². The smallest absolute Gasteiger partial charge is 0.119 e. The maximum Gasteiger partial charge on any atom is 0.119 e. The van der Waals surface area contributed by atoms with Crippen molar-refractivity contribution in [2.75, 3.05) is 26.4 Å². The van der Waals surface area contributed by atoms with Crippen molar-refractivity contribution in [1.29, 1.82) is 0 Å². The fourth-order valence-corrected chi connectivity index (χ4v) is 2.11. The minimum absolute atomic E-state index is 0.716. The molecule has 1 aliphatic heterocycles. The van der Waals surface area contributed by atoms with Gasteiger partial charge in [-0.05, 0) is 30.5 Å². The van der Waals surface area contributed by atoms with Gasteiger partial charge in [0.25, 0.3) is 0 Å². The molecule has 1 aromatic rings. The predicted molar refractivity (Wildman–Crippen MR) is 78.7 cm³/mol. The van der Waals surface area contributed by atoms with Crippen LogP contribution in [0.3, 0.4) is 0 Å². The molecule has 3 heteroatoms. The molecule has 3 nitrogen and oxygen atoms in total. The molecule has 103 valence electrons. The number of hydrogen-bond acceptors (Lipinski definition) is 3. The quantitative estimate of drug-likeness (QED) is 0.749. The van der Waals surface area contributed by atoms with Gasteiger partial charge in [-0.1, -0.05) is 26.0 Å². The summed E-state index contributed by atoms with van der Waals surface area (Å²) in [4.78, 5) is 4.53. The van der Waals surface area contributed by atoms with Gasteiger partial charge in [-0.3, -0.25) is 0 Å². The summed E-state index contributed by atoms with van der Waals surface area (Å²) in [6.07, 6.45) is 6.26. The van der Waals surface area contributed by atoms with Gasteiger partial charge in [0.1, 0.15) is 12.4 Å². The highest BCUT2D eigenvalue weighted by atomic mass is 16.5. The maximum absolute atomic E-state index is 5.76. The zero-order valence-electron chi connectivity index (χ0n) is 11.7. The Morgan fingerprint density at radius 3 is 2.42 bits per heavy atom. The second-order valence-corrected chi connectivity index (χ2v) is 4.76. The number of rotatable bonds is 7. The highest BCUT2D eigenvalue weighted by Crippen LogP contribution is 2.13. The number of aryl methyl sites for hydroxylation is 1.